The molecule has 1 amide bonds. The zero-order chi connectivity index (χ0) is 6.69. The Kier molecular flexibility index (Phi) is 1.72. The van der Waals surface area contributed by atoms with Crippen molar-refractivity contribution in [3.8, 4) is 0 Å². The smallest absolute Gasteiger partial charge is 0.230 e. The Morgan fingerprint density at radius 3 is 3.11 bits per heavy atom. The lowest BCUT2D eigenvalue weighted by molar-refractivity contribution is -0.123. The van der Waals surface area contributed by atoms with Gasteiger partial charge in [-0.15, -0.1) is 0 Å². The Hall–Kier alpha value is -0.990. The highest BCUT2D eigenvalue weighted by Crippen LogP contribution is 2.06. The summed E-state index contributed by atoms with van der Waals surface area (Å²) in [5.74, 6) is -0.0567. The quantitative estimate of drug-likeness (QED) is 0.534. The molecule has 50 valence electrons. The summed E-state index contributed by atoms with van der Waals surface area (Å²) in [7, 11) is 1.62. The van der Waals surface area contributed by atoms with Gasteiger partial charge in [-0.25, -0.2) is 0 Å². The molecule has 0 saturated heterocycles. The zero-order valence-electron chi connectivity index (χ0n) is 5.26. The molecule has 1 N–H and O–H groups in total. The Morgan fingerprint density at radius 1 is 1.89 bits per heavy atom. The van der Waals surface area contributed by atoms with Crippen LogP contribution in [0.1, 0.15) is 0 Å². The molecule has 0 aliphatic carbocycles. The second kappa shape index (κ2) is 2.53. The van der Waals surface area contributed by atoms with Crippen molar-refractivity contribution < 1.29 is 9.53 Å². The lowest BCUT2D eigenvalue weighted by Gasteiger charge is -2.02. The molecule has 0 fully saturated rings. The van der Waals surface area contributed by atoms with Gasteiger partial charge in [0.2, 0.25) is 5.91 Å². The number of ether oxygens (including phenoxy) is 1. The fourth-order valence-corrected chi connectivity index (χ4v) is 0.714. The van der Waals surface area contributed by atoms with E-state index >= 15 is 0 Å². The minimum Gasteiger partial charge on any atom is -0.500 e. The van der Waals surface area contributed by atoms with E-state index in [-0.39, 0.29) is 11.8 Å². The number of rotatable bonds is 1. The van der Waals surface area contributed by atoms with Crippen LogP contribution in [0.15, 0.2) is 12.3 Å². The maximum absolute atomic E-state index is 10.8. The molecule has 0 aromatic rings. The summed E-state index contributed by atoms with van der Waals surface area (Å²) in [5.41, 5.74) is 0. The SMILES string of the molecule is CNC(=O)C1C=COC1. The summed E-state index contributed by atoms with van der Waals surface area (Å²) in [5, 5.41) is 2.54. The van der Waals surface area contributed by atoms with Crippen molar-refractivity contribution in [1.82, 2.24) is 5.32 Å². The third kappa shape index (κ3) is 1.22. The van der Waals surface area contributed by atoms with Crippen molar-refractivity contribution in [2.24, 2.45) is 5.92 Å². The van der Waals surface area contributed by atoms with Gasteiger partial charge < -0.3 is 10.1 Å². The van der Waals surface area contributed by atoms with Gasteiger partial charge in [-0.05, 0) is 6.08 Å². The maximum atomic E-state index is 10.8. The van der Waals surface area contributed by atoms with Gasteiger partial charge in [0.15, 0.2) is 0 Å². The molecule has 1 atom stereocenters. The third-order valence-corrected chi connectivity index (χ3v) is 1.27. The second-order valence-electron chi connectivity index (χ2n) is 1.88. The molecule has 0 bridgehead atoms. The lowest BCUT2D eigenvalue weighted by atomic mass is 10.2. The molecule has 1 rings (SSSR count). The maximum Gasteiger partial charge on any atom is 0.230 e. The largest absolute Gasteiger partial charge is 0.500 e. The number of hydrogen-bond acceptors (Lipinski definition) is 2. The molecular formula is C6H9NO2. The van der Waals surface area contributed by atoms with Crippen molar-refractivity contribution in [3.05, 3.63) is 12.3 Å². The monoisotopic (exact) mass is 127 g/mol. The molecule has 1 aliphatic rings. The summed E-state index contributed by atoms with van der Waals surface area (Å²) < 4.78 is 4.84. The van der Waals surface area contributed by atoms with Gasteiger partial charge in [-0.1, -0.05) is 0 Å². The molecule has 0 saturated carbocycles. The fraction of sp³-hybridized carbons (Fsp3) is 0.500. The average Bonchev–Trinajstić information content (AvgIpc) is 2.37. The van der Waals surface area contributed by atoms with Crippen molar-refractivity contribution in [2.45, 2.75) is 0 Å². The highest BCUT2D eigenvalue weighted by Gasteiger charge is 2.17. The van der Waals surface area contributed by atoms with Crippen LogP contribution in [0.5, 0.6) is 0 Å². The second-order valence-corrected chi connectivity index (χ2v) is 1.88. The Bertz CT molecular complexity index is 142. The van der Waals surface area contributed by atoms with Crippen LogP contribution in [0.25, 0.3) is 0 Å². The van der Waals surface area contributed by atoms with E-state index < -0.39 is 0 Å². The van der Waals surface area contributed by atoms with Crippen LogP contribution in [0.2, 0.25) is 0 Å². The standard InChI is InChI=1S/C6H9NO2/c1-7-6(8)5-2-3-9-4-5/h2-3,5H,4H2,1H3,(H,7,8). The highest BCUT2D eigenvalue weighted by atomic mass is 16.5. The van der Waals surface area contributed by atoms with Gasteiger partial charge >= 0.3 is 0 Å². The van der Waals surface area contributed by atoms with E-state index in [9.17, 15) is 4.79 Å². The van der Waals surface area contributed by atoms with Gasteiger partial charge in [-0.3, -0.25) is 4.79 Å². The summed E-state index contributed by atoms with van der Waals surface area (Å²) >= 11 is 0. The minimum absolute atomic E-state index is 0.0174. The van der Waals surface area contributed by atoms with Crippen LogP contribution in [0.4, 0.5) is 0 Å². The van der Waals surface area contributed by atoms with Gasteiger partial charge in [-0.2, -0.15) is 0 Å². The molecule has 9 heavy (non-hydrogen) atoms. The lowest BCUT2D eigenvalue weighted by Crippen LogP contribution is -2.26. The van der Waals surface area contributed by atoms with Gasteiger partial charge in [0, 0.05) is 7.05 Å². The first-order valence-corrected chi connectivity index (χ1v) is 2.84. The average molecular weight is 127 g/mol. The molecule has 0 aromatic heterocycles. The van der Waals surface area contributed by atoms with E-state index in [0.29, 0.717) is 6.61 Å². The molecule has 0 spiro atoms. The molecule has 0 radical (unpaired) electrons. The van der Waals surface area contributed by atoms with Crippen molar-refractivity contribution >= 4 is 5.91 Å². The Morgan fingerprint density at radius 2 is 2.67 bits per heavy atom. The van der Waals surface area contributed by atoms with E-state index in [1.165, 1.54) is 0 Å². The van der Waals surface area contributed by atoms with Crippen molar-refractivity contribution in [3.63, 3.8) is 0 Å². The van der Waals surface area contributed by atoms with Crippen LogP contribution in [-0.4, -0.2) is 19.6 Å². The Balaban J connectivity index is 2.43. The topological polar surface area (TPSA) is 38.3 Å². The van der Waals surface area contributed by atoms with Gasteiger partial charge in [0.25, 0.3) is 0 Å². The Labute approximate surface area is 53.7 Å². The first kappa shape index (κ1) is 6.13. The summed E-state index contributed by atoms with van der Waals surface area (Å²) in [6.45, 7) is 0.486. The molecule has 1 aliphatic heterocycles. The number of amides is 1. The molecule has 3 nitrogen and oxygen atoms in total. The molecule has 1 unspecified atom stereocenters. The van der Waals surface area contributed by atoms with Crippen LogP contribution < -0.4 is 5.32 Å². The molecule has 1 heterocycles. The predicted octanol–water partition coefficient (Wildman–Crippen LogP) is -0.108. The van der Waals surface area contributed by atoms with Crippen LogP contribution in [0.3, 0.4) is 0 Å². The number of nitrogens with one attached hydrogen (secondary N) is 1. The predicted molar refractivity (Wildman–Crippen MR) is 32.6 cm³/mol. The first-order valence-electron chi connectivity index (χ1n) is 2.84. The van der Waals surface area contributed by atoms with E-state index in [1.807, 2.05) is 0 Å². The van der Waals surface area contributed by atoms with Crippen LogP contribution >= 0.6 is 0 Å². The minimum atomic E-state index is -0.0741. The summed E-state index contributed by atoms with van der Waals surface area (Å²) in [6.07, 6.45) is 3.30. The van der Waals surface area contributed by atoms with E-state index in [0.717, 1.165) is 0 Å². The number of carbonyl (C=O) groups excluding carboxylic acids is 1. The van der Waals surface area contributed by atoms with E-state index in [4.69, 9.17) is 4.74 Å². The van der Waals surface area contributed by atoms with Gasteiger partial charge in [0.1, 0.15) is 6.61 Å². The van der Waals surface area contributed by atoms with E-state index in [1.54, 1.807) is 19.4 Å². The third-order valence-electron chi connectivity index (χ3n) is 1.27. The fourth-order valence-electron chi connectivity index (χ4n) is 0.714. The normalized spacial score (nSPS) is 23.4. The number of hydrogen-bond donors (Lipinski definition) is 1. The molecular weight excluding hydrogens is 118 g/mol. The van der Waals surface area contributed by atoms with E-state index in [2.05, 4.69) is 5.32 Å². The van der Waals surface area contributed by atoms with Gasteiger partial charge in [0.05, 0.1) is 12.2 Å². The molecule has 0 aromatic carbocycles. The zero-order valence-corrected chi connectivity index (χ0v) is 5.26. The molecule has 3 heteroatoms. The van der Waals surface area contributed by atoms with Crippen molar-refractivity contribution in [1.29, 1.82) is 0 Å². The summed E-state index contributed by atoms with van der Waals surface area (Å²) in [4.78, 5) is 10.8. The summed E-state index contributed by atoms with van der Waals surface area (Å²) in [6, 6.07) is 0. The van der Waals surface area contributed by atoms with Crippen LogP contribution in [-0.2, 0) is 9.53 Å². The first-order chi connectivity index (χ1) is 4.34. The number of carbonyl (C=O) groups is 1. The van der Waals surface area contributed by atoms with Crippen LogP contribution in [0, 0.1) is 5.92 Å². The highest BCUT2D eigenvalue weighted by molar-refractivity contribution is 5.80. The van der Waals surface area contributed by atoms with Crippen molar-refractivity contribution in [2.75, 3.05) is 13.7 Å².